The summed E-state index contributed by atoms with van der Waals surface area (Å²) in [6.07, 6.45) is 10.6. The fourth-order valence-corrected chi connectivity index (χ4v) is 4.68. The van der Waals surface area contributed by atoms with E-state index in [0.29, 0.717) is 17.8 Å². The standard InChI is InChI=1S/C20H25N5O/c1-2-14(19-17-4-6-22-20(17)24-12-23-19)7-13-8-15-10-25(11-16(15)9-13)18(26)3-5-21/h4-7,12-13,15-16,21H,2-3,8-11H2,1H3,(H,22,23,24)/b14-7-,21-5?. The number of amides is 1. The number of carbonyl (C=O) groups is 1. The van der Waals surface area contributed by atoms with Crippen LogP contribution in [0.15, 0.2) is 24.7 Å². The van der Waals surface area contributed by atoms with Crippen LogP contribution in [0.5, 0.6) is 0 Å². The molecule has 2 unspecified atom stereocenters. The van der Waals surface area contributed by atoms with Crippen LogP contribution < -0.4 is 0 Å². The van der Waals surface area contributed by atoms with Crippen LogP contribution in [0.25, 0.3) is 16.6 Å². The van der Waals surface area contributed by atoms with Crippen LogP contribution >= 0.6 is 0 Å². The van der Waals surface area contributed by atoms with E-state index in [0.717, 1.165) is 49.1 Å². The summed E-state index contributed by atoms with van der Waals surface area (Å²) in [7, 11) is 0. The van der Waals surface area contributed by atoms with E-state index in [-0.39, 0.29) is 12.3 Å². The molecule has 136 valence electrons. The number of aromatic nitrogens is 3. The van der Waals surface area contributed by atoms with Crippen molar-refractivity contribution in [3.8, 4) is 0 Å². The number of allylic oxidation sites excluding steroid dienone is 2. The molecule has 0 radical (unpaired) electrons. The van der Waals surface area contributed by atoms with Crippen molar-refractivity contribution < 1.29 is 4.79 Å². The monoisotopic (exact) mass is 351 g/mol. The third kappa shape index (κ3) is 3.04. The van der Waals surface area contributed by atoms with Crippen molar-refractivity contribution in [1.29, 1.82) is 5.41 Å². The molecule has 2 aromatic heterocycles. The zero-order valence-electron chi connectivity index (χ0n) is 15.1. The van der Waals surface area contributed by atoms with Crippen molar-refractivity contribution >= 4 is 28.7 Å². The number of aromatic amines is 1. The Bertz CT molecular complexity index is 841. The molecule has 3 heterocycles. The summed E-state index contributed by atoms with van der Waals surface area (Å²) in [5.41, 5.74) is 3.22. The van der Waals surface area contributed by atoms with Gasteiger partial charge in [0.15, 0.2) is 0 Å². The van der Waals surface area contributed by atoms with E-state index in [9.17, 15) is 4.79 Å². The first kappa shape index (κ1) is 16.9. The number of hydrogen-bond donors (Lipinski definition) is 2. The van der Waals surface area contributed by atoms with E-state index in [2.05, 4.69) is 28.0 Å². The number of H-pyrrole nitrogens is 1. The van der Waals surface area contributed by atoms with Crippen LogP contribution in [0.4, 0.5) is 0 Å². The second kappa shape index (κ2) is 7.02. The lowest BCUT2D eigenvalue weighted by molar-refractivity contribution is -0.129. The third-order valence-electron chi connectivity index (χ3n) is 5.89. The van der Waals surface area contributed by atoms with E-state index < -0.39 is 0 Å². The Labute approximate surface area is 153 Å². The van der Waals surface area contributed by atoms with Gasteiger partial charge >= 0.3 is 0 Å². The van der Waals surface area contributed by atoms with Gasteiger partial charge in [0.1, 0.15) is 12.0 Å². The molecule has 0 spiro atoms. The van der Waals surface area contributed by atoms with Crippen molar-refractivity contribution in [2.75, 3.05) is 13.1 Å². The van der Waals surface area contributed by atoms with Gasteiger partial charge in [-0.2, -0.15) is 0 Å². The maximum atomic E-state index is 12.0. The SMILES string of the molecule is CC/C(=C/C1CC2CN(C(=O)CC=N)CC2C1)c1ncnc2[nH]ccc12. The summed E-state index contributed by atoms with van der Waals surface area (Å²) in [5.74, 6) is 1.86. The zero-order chi connectivity index (χ0) is 18.1. The number of carbonyl (C=O) groups excluding carboxylic acids is 1. The van der Waals surface area contributed by atoms with E-state index in [4.69, 9.17) is 5.41 Å². The van der Waals surface area contributed by atoms with Crippen molar-refractivity contribution in [2.24, 2.45) is 17.8 Å². The molecule has 2 fully saturated rings. The van der Waals surface area contributed by atoms with Gasteiger partial charge in [0.2, 0.25) is 5.91 Å². The van der Waals surface area contributed by atoms with E-state index >= 15 is 0 Å². The first-order valence-corrected chi connectivity index (χ1v) is 9.45. The Kier molecular flexibility index (Phi) is 4.57. The average molecular weight is 351 g/mol. The highest BCUT2D eigenvalue weighted by molar-refractivity contribution is 5.89. The van der Waals surface area contributed by atoms with Crippen LogP contribution in [0.2, 0.25) is 0 Å². The Morgan fingerprint density at radius 2 is 2.12 bits per heavy atom. The fraction of sp³-hybridized carbons (Fsp3) is 0.500. The van der Waals surface area contributed by atoms with Gasteiger partial charge in [-0.3, -0.25) is 4.79 Å². The molecule has 1 aliphatic heterocycles. The minimum atomic E-state index is 0.103. The summed E-state index contributed by atoms with van der Waals surface area (Å²) in [6.45, 7) is 3.90. The van der Waals surface area contributed by atoms with Gasteiger partial charge in [-0.1, -0.05) is 13.0 Å². The highest BCUT2D eigenvalue weighted by Gasteiger charge is 2.41. The molecule has 6 nitrogen and oxygen atoms in total. The molecular formula is C20H25N5O. The second-order valence-corrected chi connectivity index (χ2v) is 7.47. The average Bonchev–Trinajstić information content (AvgIpc) is 3.33. The first-order chi connectivity index (χ1) is 12.7. The lowest BCUT2D eigenvalue weighted by Gasteiger charge is -2.18. The first-order valence-electron chi connectivity index (χ1n) is 9.45. The van der Waals surface area contributed by atoms with Gasteiger partial charge in [-0.05, 0) is 48.7 Å². The molecule has 1 saturated heterocycles. The molecule has 2 aliphatic rings. The van der Waals surface area contributed by atoms with Gasteiger partial charge in [0.25, 0.3) is 0 Å². The maximum absolute atomic E-state index is 12.0. The van der Waals surface area contributed by atoms with Crippen molar-refractivity contribution in [3.05, 3.63) is 30.4 Å². The Hall–Kier alpha value is -2.50. The molecule has 2 atom stereocenters. The number of fused-ring (bicyclic) bond motifs is 2. The van der Waals surface area contributed by atoms with E-state index in [1.165, 1.54) is 11.8 Å². The maximum Gasteiger partial charge on any atom is 0.227 e. The van der Waals surface area contributed by atoms with Gasteiger partial charge < -0.3 is 15.3 Å². The molecule has 2 aromatic rings. The minimum absolute atomic E-state index is 0.103. The summed E-state index contributed by atoms with van der Waals surface area (Å²) in [6, 6.07) is 2.05. The Morgan fingerprint density at radius 3 is 2.81 bits per heavy atom. The van der Waals surface area contributed by atoms with Crippen LogP contribution in [-0.4, -0.2) is 45.1 Å². The van der Waals surface area contributed by atoms with Gasteiger partial charge in [-0.25, -0.2) is 9.97 Å². The lowest BCUT2D eigenvalue weighted by Crippen LogP contribution is -2.29. The normalized spacial score (nSPS) is 25.7. The largest absolute Gasteiger partial charge is 0.346 e. The molecule has 0 bridgehead atoms. The van der Waals surface area contributed by atoms with Crippen molar-refractivity contribution in [2.45, 2.75) is 32.6 Å². The van der Waals surface area contributed by atoms with Crippen LogP contribution in [0.3, 0.4) is 0 Å². The molecule has 0 aromatic carbocycles. The number of hydrogen-bond acceptors (Lipinski definition) is 4. The molecule has 6 heteroatoms. The zero-order valence-corrected chi connectivity index (χ0v) is 15.1. The van der Waals surface area contributed by atoms with E-state index in [1.807, 2.05) is 17.2 Å². The predicted octanol–water partition coefficient (Wildman–Crippen LogP) is 3.28. The van der Waals surface area contributed by atoms with Gasteiger partial charge in [0, 0.05) is 30.9 Å². The second-order valence-electron chi connectivity index (χ2n) is 7.47. The third-order valence-corrected chi connectivity index (χ3v) is 5.89. The molecule has 26 heavy (non-hydrogen) atoms. The van der Waals surface area contributed by atoms with Gasteiger partial charge in [-0.15, -0.1) is 0 Å². The number of rotatable bonds is 5. The van der Waals surface area contributed by atoms with Crippen LogP contribution in [-0.2, 0) is 4.79 Å². The molecule has 1 aliphatic carbocycles. The lowest BCUT2D eigenvalue weighted by atomic mass is 9.97. The summed E-state index contributed by atoms with van der Waals surface area (Å²) >= 11 is 0. The van der Waals surface area contributed by atoms with Crippen LogP contribution in [0, 0.1) is 23.2 Å². The quantitative estimate of drug-likeness (QED) is 0.811. The minimum Gasteiger partial charge on any atom is -0.346 e. The number of likely N-dealkylation sites (tertiary alicyclic amines) is 1. The molecule has 1 amide bonds. The smallest absolute Gasteiger partial charge is 0.227 e. The molecule has 1 saturated carbocycles. The Balaban J connectivity index is 1.49. The molecular weight excluding hydrogens is 326 g/mol. The number of nitrogens with one attached hydrogen (secondary N) is 2. The summed E-state index contributed by atoms with van der Waals surface area (Å²) < 4.78 is 0. The summed E-state index contributed by atoms with van der Waals surface area (Å²) in [4.78, 5) is 26.0. The molecule has 4 rings (SSSR count). The van der Waals surface area contributed by atoms with Gasteiger partial charge in [0.05, 0.1) is 12.1 Å². The topological polar surface area (TPSA) is 85.7 Å². The van der Waals surface area contributed by atoms with Crippen molar-refractivity contribution in [1.82, 2.24) is 19.9 Å². The fourth-order valence-electron chi connectivity index (χ4n) is 4.68. The van der Waals surface area contributed by atoms with E-state index in [1.54, 1.807) is 6.33 Å². The predicted molar refractivity (Wildman–Crippen MR) is 102 cm³/mol. The highest BCUT2D eigenvalue weighted by Crippen LogP contribution is 2.43. The highest BCUT2D eigenvalue weighted by atomic mass is 16.2. The summed E-state index contributed by atoms with van der Waals surface area (Å²) in [5, 5.41) is 8.21. The van der Waals surface area contributed by atoms with Crippen LogP contribution in [0.1, 0.15) is 38.3 Å². The number of nitrogens with zero attached hydrogens (tertiary/aromatic N) is 3. The Morgan fingerprint density at radius 1 is 1.35 bits per heavy atom. The molecule has 2 N–H and O–H groups in total. The van der Waals surface area contributed by atoms with Crippen molar-refractivity contribution in [3.63, 3.8) is 0 Å².